The number of carbonyl (C=O) groups is 1. The molecule has 1 aromatic carbocycles. The highest BCUT2D eigenvalue weighted by Crippen LogP contribution is 2.27. The van der Waals surface area contributed by atoms with Crippen LogP contribution in [-0.2, 0) is 0 Å². The Morgan fingerprint density at radius 1 is 1.29 bits per heavy atom. The lowest BCUT2D eigenvalue weighted by Crippen LogP contribution is -2.15. The molecule has 0 saturated carbocycles. The molecule has 2 N–H and O–H groups in total. The van der Waals surface area contributed by atoms with Gasteiger partial charge in [-0.25, -0.2) is 0 Å². The van der Waals surface area contributed by atoms with Gasteiger partial charge in [0, 0.05) is 25.0 Å². The van der Waals surface area contributed by atoms with E-state index in [1.807, 2.05) is 13.0 Å². The molecule has 0 aliphatic rings. The monoisotopic (exact) mass is 305 g/mol. The fourth-order valence-corrected chi connectivity index (χ4v) is 2.03. The van der Waals surface area contributed by atoms with Crippen molar-refractivity contribution in [2.24, 2.45) is 0 Å². The Morgan fingerprint density at radius 2 is 2.05 bits per heavy atom. The summed E-state index contributed by atoms with van der Waals surface area (Å²) in [6.45, 7) is 1.86. The van der Waals surface area contributed by atoms with Gasteiger partial charge in [-0.05, 0) is 25.1 Å². The van der Waals surface area contributed by atoms with Crippen molar-refractivity contribution in [1.82, 2.24) is 4.98 Å². The molecular formula is C15H16ClN3O2. The molecule has 6 heteroatoms. The number of aryl methyl sites for hydroxylation is 1. The predicted molar refractivity (Wildman–Crippen MR) is 84.5 cm³/mol. The van der Waals surface area contributed by atoms with Gasteiger partial charge in [0.2, 0.25) is 0 Å². The van der Waals surface area contributed by atoms with Crippen LogP contribution in [0.15, 0.2) is 30.5 Å². The van der Waals surface area contributed by atoms with E-state index in [1.54, 1.807) is 32.4 Å². The van der Waals surface area contributed by atoms with E-state index in [0.717, 1.165) is 5.69 Å². The molecule has 0 fully saturated rings. The van der Waals surface area contributed by atoms with Gasteiger partial charge in [-0.2, -0.15) is 0 Å². The maximum atomic E-state index is 12.4. The van der Waals surface area contributed by atoms with Gasteiger partial charge >= 0.3 is 0 Å². The summed E-state index contributed by atoms with van der Waals surface area (Å²) >= 11 is 6.08. The van der Waals surface area contributed by atoms with E-state index in [9.17, 15) is 4.79 Å². The second-order valence-electron chi connectivity index (χ2n) is 4.42. The molecule has 1 amide bonds. The van der Waals surface area contributed by atoms with Crippen LogP contribution in [0.2, 0.25) is 5.02 Å². The number of carbonyl (C=O) groups excluding carboxylic acids is 1. The molecule has 0 bridgehead atoms. The van der Waals surface area contributed by atoms with E-state index in [-0.39, 0.29) is 5.91 Å². The molecular weight excluding hydrogens is 290 g/mol. The summed E-state index contributed by atoms with van der Waals surface area (Å²) in [5.41, 5.74) is 2.47. The van der Waals surface area contributed by atoms with Crippen molar-refractivity contribution in [1.29, 1.82) is 0 Å². The van der Waals surface area contributed by atoms with Crippen molar-refractivity contribution in [2.75, 3.05) is 24.8 Å². The Hall–Kier alpha value is -2.27. The molecule has 5 nitrogen and oxygen atoms in total. The standard InChI is InChI=1S/C15H16ClN3O2/c1-9-6-13(17-2)11(8-18-9)15(20)19-14-7-10(21-3)4-5-12(14)16/h4-8H,1-3H3,(H,17,18)(H,19,20). The van der Waals surface area contributed by atoms with Crippen LogP contribution in [0.3, 0.4) is 0 Å². The molecule has 0 saturated heterocycles. The fraction of sp³-hybridized carbons (Fsp3) is 0.200. The van der Waals surface area contributed by atoms with Crippen molar-refractivity contribution < 1.29 is 9.53 Å². The smallest absolute Gasteiger partial charge is 0.259 e. The van der Waals surface area contributed by atoms with Gasteiger partial charge in [0.1, 0.15) is 5.75 Å². The molecule has 2 aromatic rings. The zero-order chi connectivity index (χ0) is 15.4. The van der Waals surface area contributed by atoms with E-state index in [1.165, 1.54) is 6.20 Å². The van der Waals surface area contributed by atoms with Crippen molar-refractivity contribution in [3.63, 3.8) is 0 Å². The van der Waals surface area contributed by atoms with Crippen LogP contribution in [0.1, 0.15) is 16.1 Å². The number of halogens is 1. The summed E-state index contributed by atoms with van der Waals surface area (Å²) in [4.78, 5) is 16.5. The summed E-state index contributed by atoms with van der Waals surface area (Å²) in [6.07, 6.45) is 1.53. The van der Waals surface area contributed by atoms with Crippen molar-refractivity contribution >= 4 is 28.9 Å². The normalized spacial score (nSPS) is 10.1. The second-order valence-corrected chi connectivity index (χ2v) is 4.83. The van der Waals surface area contributed by atoms with Gasteiger partial charge in [0.05, 0.1) is 29.1 Å². The van der Waals surface area contributed by atoms with E-state index in [4.69, 9.17) is 16.3 Å². The van der Waals surface area contributed by atoms with E-state index >= 15 is 0 Å². The minimum atomic E-state index is -0.290. The lowest BCUT2D eigenvalue weighted by molar-refractivity contribution is 0.102. The van der Waals surface area contributed by atoms with Gasteiger partial charge in [-0.3, -0.25) is 9.78 Å². The summed E-state index contributed by atoms with van der Waals surface area (Å²) in [7, 11) is 3.31. The molecule has 0 atom stereocenters. The van der Waals surface area contributed by atoms with E-state index < -0.39 is 0 Å². The number of nitrogens with zero attached hydrogens (tertiary/aromatic N) is 1. The lowest BCUT2D eigenvalue weighted by Gasteiger charge is -2.12. The maximum absolute atomic E-state index is 12.4. The van der Waals surface area contributed by atoms with Gasteiger partial charge in [0.15, 0.2) is 0 Å². The average molecular weight is 306 g/mol. The third-order valence-electron chi connectivity index (χ3n) is 2.98. The number of pyridine rings is 1. The molecule has 1 aromatic heterocycles. The second kappa shape index (κ2) is 6.45. The van der Waals surface area contributed by atoms with Crippen LogP contribution < -0.4 is 15.4 Å². The number of methoxy groups -OCH3 is 1. The lowest BCUT2D eigenvalue weighted by atomic mass is 10.2. The van der Waals surface area contributed by atoms with Gasteiger partial charge < -0.3 is 15.4 Å². The zero-order valence-corrected chi connectivity index (χ0v) is 12.8. The molecule has 21 heavy (non-hydrogen) atoms. The van der Waals surface area contributed by atoms with Crippen LogP contribution in [0.25, 0.3) is 0 Å². The van der Waals surface area contributed by atoms with Gasteiger partial charge in [0.25, 0.3) is 5.91 Å². The Morgan fingerprint density at radius 3 is 2.71 bits per heavy atom. The largest absolute Gasteiger partial charge is 0.497 e. The number of nitrogens with one attached hydrogen (secondary N) is 2. The van der Waals surface area contributed by atoms with Crippen molar-refractivity contribution in [3.8, 4) is 5.75 Å². The minimum absolute atomic E-state index is 0.290. The van der Waals surface area contributed by atoms with Crippen molar-refractivity contribution in [3.05, 3.63) is 46.7 Å². The highest BCUT2D eigenvalue weighted by Gasteiger charge is 2.14. The number of aromatic nitrogens is 1. The number of hydrogen-bond donors (Lipinski definition) is 2. The molecule has 1 heterocycles. The fourth-order valence-electron chi connectivity index (χ4n) is 1.86. The number of anilines is 2. The highest BCUT2D eigenvalue weighted by molar-refractivity contribution is 6.34. The first kappa shape index (κ1) is 15.1. The first-order valence-corrected chi connectivity index (χ1v) is 6.72. The Bertz CT molecular complexity index is 674. The molecule has 0 unspecified atom stereocenters. The summed E-state index contributed by atoms with van der Waals surface area (Å²) < 4.78 is 5.12. The molecule has 0 radical (unpaired) electrons. The first-order valence-electron chi connectivity index (χ1n) is 6.34. The van der Waals surface area contributed by atoms with Crippen molar-refractivity contribution in [2.45, 2.75) is 6.92 Å². The Kier molecular flexibility index (Phi) is 4.65. The quantitative estimate of drug-likeness (QED) is 0.909. The van der Waals surface area contributed by atoms with E-state index in [2.05, 4.69) is 15.6 Å². The van der Waals surface area contributed by atoms with Crippen LogP contribution >= 0.6 is 11.6 Å². The third kappa shape index (κ3) is 3.44. The van der Waals surface area contributed by atoms with E-state index in [0.29, 0.717) is 27.7 Å². The van der Waals surface area contributed by atoms with Gasteiger partial charge in [-0.15, -0.1) is 0 Å². The Balaban J connectivity index is 2.30. The molecule has 0 aliphatic carbocycles. The van der Waals surface area contributed by atoms with Crippen LogP contribution in [0.4, 0.5) is 11.4 Å². The number of rotatable bonds is 4. The Labute approximate surface area is 128 Å². The zero-order valence-electron chi connectivity index (χ0n) is 12.0. The van der Waals surface area contributed by atoms with Crippen LogP contribution in [0.5, 0.6) is 5.75 Å². The summed E-state index contributed by atoms with van der Waals surface area (Å²) in [5, 5.41) is 6.19. The van der Waals surface area contributed by atoms with Crippen LogP contribution in [-0.4, -0.2) is 25.0 Å². The number of ether oxygens (including phenoxy) is 1. The highest BCUT2D eigenvalue weighted by atomic mass is 35.5. The van der Waals surface area contributed by atoms with Gasteiger partial charge in [-0.1, -0.05) is 11.6 Å². The first-order chi connectivity index (χ1) is 10.0. The number of amides is 1. The summed E-state index contributed by atoms with van der Waals surface area (Å²) in [5.74, 6) is 0.326. The molecule has 2 rings (SSSR count). The minimum Gasteiger partial charge on any atom is -0.497 e. The number of hydrogen-bond acceptors (Lipinski definition) is 4. The third-order valence-corrected chi connectivity index (χ3v) is 3.31. The predicted octanol–water partition coefficient (Wildman–Crippen LogP) is 3.35. The average Bonchev–Trinajstić information content (AvgIpc) is 2.49. The topological polar surface area (TPSA) is 63.2 Å². The molecule has 0 aliphatic heterocycles. The molecule has 110 valence electrons. The SMILES string of the molecule is CNc1cc(C)ncc1C(=O)Nc1cc(OC)ccc1Cl. The molecule has 0 spiro atoms. The number of benzene rings is 1. The maximum Gasteiger partial charge on any atom is 0.259 e. The summed E-state index contributed by atoms with van der Waals surface area (Å²) in [6, 6.07) is 6.87. The van der Waals surface area contributed by atoms with Crippen LogP contribution in [0, 0.1) is 6.92 Å².